The van der Waals surface area contributed by atoms with Crippen LogP contribution in [0.15, 0.2) is 66.2 Å². The molecule has 7 heteroatoms. The monoisotopic (exact) mass is 464 g/mol. The minimum Gasteiger partial charge on any atom is -0.490 e. The molecule has 0 spiro atoms. The van der Waals surface area contributed by atoms with Crippen LogP contribution in [-0.2, 0) is 9.59 Å². The molecule has 32 heavy (non-hydrogen) atoms. The fourth-order valence-corrected chi connectivity index (χ4v) is 3.98. The topological polar surface area (TPSA) is 58.6 Å². The number of ether oxygens (including phenoxy) is 1. The van der Waals surface area contributed by atoms with Gasteiger partial charge in [0.2, 0.25) is 0 Å². The smallest absolute Gasteiger partial charge is 0.270 e. The molecule has 3 aromatic rings. The highest BCUT2D eigenvalue weighted by atomic mass is 35.5. The summed E-state index contributed by atoms with van der Waals surface area (Å²) in [6.07, 6.45) is 2.36. The first-order valence-corrected chi connectivity index (χ1v) is 11.0. The van der Waals surface area contributed by atoms with Crippen molar-refractivity contribution in [2.45, 2.75) is 26.4 Å². The quantitative estimate of drug-likeness (QED) is 0.307. The Balaban J connectivity index is 1.87. The third-order valence-corrected chi connectivity index (χ3v) is 5.92. The van der Waals surface area contributed by atoms with Crippen molar-refractivity contribution in [2.24, 2.45) is 0 Å². The molecule has 1 N–H and O–H groups in total. The van der Waals surface area contributed by atoms with E-state index in [1.165, 1.54) is 4.90 Å². The van der Waals surface area contributed by atoms with E-state index in [-0.39, 0.29) is 16.8 Å². The summed E-state index contributed by atoms with van der Waals surface area (Å²) in [6, 6.07) is 18.4. The third-order valence-electron chi connectivity index (χ3n) is 5.32. The van der Waals surface area contributed by atoms with E-state index in [4.69, 9.17) is 28.6 Å². The largest absolute Gasteiger partial charge is 0.490 e. The summed E-state index contributed by atoms with van der Waals surface area (Å²) in [4.78, 5) is 27.5. The fraction of sp³-hybridized carbons (Fsp3) is 0.160. The molecule has 3 aromatic carbocycles. The van der Waals surface area contributed by atoms with Crippen molar-refractivity contribution < 1.29 is 14.3 Å². The lowest BCUT2D eigenvalue weighted by atomic mass is 9.99. The lowest BCUT2D eigenvalue weighted by Gasteiger charge is -2.29. The molecule has 0 aromatic heterocycles. The van der Waals surface area contributed by atoms with Crippen LogP contribution < -0.4 is 15.0 Å². The number of nitrogens with zero attached hydrogens (tertiary/aromatic N) is 1. The Bertz CT molecular complexity index is 1270. The van der Waals surface area contributed by atoms with Crippen LogP contribution in [0.2, 0.25) is 5.02 Å². The van der Waals surface area contributed by atoms with Crippen LogP contribution in [0.5, 0.6) is 5.75 Å². The molecule has 4 rings (SSSR count). The zero-order valence-electron chi connectivity index (χ0n) is 17.6. The van der Waals surface area contributed by atoms with Gasteiger partial charge in [0.05, 0.1) is 16.8 Å². The summed E-state index contributed by atoms with van der Waals surface area (Å²) in [6.45, 7) is 4.01. The molecule has 1 fully saturated rings. The van der Waals surface area contributed by atoms with Crippen molar-refractivity contribution in [3.63, 3.8) is 0 Å². The molecule has 2 amide bonds. The highest BCUT2D eigenvalue weighted by molar-refractivity contribution is 7.80. The summed E-state index contributed by atoms with van der Waals surface area (Å²) >= 11 is 11.6. The number of amides is 2. The molecule has 0 bridgehead atoms. The van der Waals surface area contributed by atoms with Crippen LogP contribution in [0.1, 0.15) is 25.8 Å². The van der Waals surface area contributed by atoms with Crippen molar-refractivity contribution in [3.8, 4) is 5.75 Å². The Morgan fingerprint density at radius 2 is 1.81 bits per heavy atom. The van der Waals surface area contributed by atoms with Crippen LogP contribution in [-0.4, -0.2) is 23.0 Å². The SMILES string of the molecule is CC[C@@H](C)Oc1ccc2ccccc2c1/C=C1\C(=O)NC(=S)N(c2ccccc2Cl)C1=O. The van der Waals surface area contributed by atoms with Gasteiger partial charge in [0.15, 0.2) is 5.11 Å². The van der Waals surface area contributed by atoms with Crippen molar-refractivity contribution in [1.82, 2.24) is 5.32 Å². The Hall–Kier alpha value is -3.22. The highest BCUT2D eigenvalue weighted by Crippen LogP contribution is 2.33. The van der Waals surface area contributed by atoms with Crippen LogP contribution in [0.3, 0.4) is 0 Å². The van der Waals surface area contributed by atoms with Crippen molar-refractivity contribution in [3.05, 3.63) is 76.8 Å². The molecule has 1 aliphatic heterocycles. The molecule has 0 radical (unpaired) electrons. The predicted octanol–water partition coefficient (Wildman–Crippen LogP) is 5.50. The van der Waals surface area contributed by atoms with Gasteiger partial charge in [0.1, 0.15) is 11.3 Å². The molecular weight excluding hydrogens is 444 g/mol. The number of halogens is 1. The highest BCUT2D eigenvalue weighted by Gasteiger charge is 2.35. The van der Waals surface area contributed by atoms with Crippen LogP contribution in [0.4, 0.5) is 5.69 Å². The molecule has 1 atom stereocenters. The first kappa shape index (κ1) is 22.0. The number of rotatable bonds is 5. The Labute approximate surface area is 196 Å². The molecule has 1 aliphatic rings. The minimum absolute atomic E-state index is 0.0146. The maximum atomic E-state index is 13.4. The van der Waals surface area contributed by atoms with Gasteiger partial charge in [-0.05, 0) is 60.6 Å². The summed E-state index contributed by atoms with van der Waals surface area (Å²) in [5, 5.41) is 4.79. The van der Waals surface area contributed by atoms with E-state index in [1.54, 1.807) is 30.3 Å². The van der Waals surface area contributed by atoms with E-state index in [2.05, 4.69) is 5.32 Å². The van der Waals surface area contributed by atoms with Gasteiger partial charge in [-0.25, -0.2) is 0 Å². The van der Waals surface area contributed by atoms with Gasteiger partial charge in [0.25, 0.3) is 11.8 Å². The number of para-hydroxylation sites is 1. The summed E-state index contributed by atoms with van der Waals surface area (Å²) in [7, 11) is 0. The second-order valence-electron chi connectivity index (χ2n) is 7.44. The van der Waals surface area contributed by atoms with Crippen molar-refractivity contribution >= 4 is 63.3 Å². The molecule has 1 saturated heterocycles. The third kappa shape index (κ3) is 4.11. The van der Waals surface area contributed by atoms with Crippen LogP contribution in [0, 0.1) is 0 Å². The molecule has 5 nitrogen and oxygen atoms in total. The first-order valence-electron chi connectivity index (χ1n) is 10.2. The number of hydrogen-bond donors (Lipinski definition) is 1. The number of carbonyl (C=O) groups is 2. The predicted molar refractivity (Wildman–Crippen MR) is 132 cm³/mol. The number of anilines is 1. The molecule has 0 aliphatic carbocycles. The summed E-state index contributed by atoms with van der Waals surface area (Å²) < 4.78 is 6.12. The fourth-order valence-electron chi connectivity index (χ4n) is 3.48. The van der Waals surface area contributed by atoms with E-state index in [0.29, 0.717) is 22.0 Å². The van der Waals surface area contributed by atoms with Crippen molar-refractivity contribution in [2.75, 3.05) is 4.90 Å². The molecule has 0 unspecified atom stereocenters. The number of carbonyl (C=O) groups excluding carboxylic acids is 2. The van der Waals surface area contributed by atoms with E-state index >= 15 is 0 Å². The number of benzene rings is 3. The van der Waals surface area contributed by atoms with Gasteiger partial charge in [-0.15, -0.1) is 0 Å². The molecular formula is C25H21ClN2O3S. The normalized spacial score (nSPS) is 16.4. The summed E-state index contributed by atoms with van der Waals surface area (Å²) in [5.74, 6) is -0.511. The second-order valence-corrected chi connectivity index (χ2v) is 8.24. The van der Waals surface area contributed by atoms with Crippen LogP contribution >= 0.6 is 23.8 Å². The second kappa shape index (κ2) is 9.10. The molecule has 162 valence electrons. The van der Waals surface area contributed by atoms with Gasteiger partial charge < -0.3 is 4.74 Å². The van der Waals surface area contributed by atoms with Crippen LogP contribution in [0.25, 0.3) is 16.8 Å². The minimum atomic E-state index is -0.564. The first-order chi connectivity index (χ1) is 15.4. The lowest BCUT2D eigenvalue weighted by molar-refractivity contribution is -0.122. The standard InChI is InChI=1S/C25H21ClN2O3S/c1-3-15(2)31-22-13-12-16-8-4-5-9-17(16)18(22)14-19-23(29)27-25(32)28(24(19)30)21-11-7-6-10-20(21)26/h4-15H,3H2,1-2H3,(H,27,29,32)/b19-14+/t15-/m1/s1. The number of nitrogens with one attached hydrogen (secondary N) is 1. The lowest BCUT2D eigenvalue weighted by Crippen LogP contribution is -2.54. The zero-order chi connectivity index (χ0) is 22.8. The number of fused-ring (bicyclic) bond motifs is 1. The van der Waals surface area contributed by atoms with Crippen molar-refractivity contribution in [1.29, 1.82) is 0 Å². The van der Waals surface area contributed by atoms with Gasteiger partial charge in [-0.1, -0.05) is 61.0 Å². The summed E-state index contributed by atoms with van der Waals surface area (Å²) in [5.41, 5.74) is 1.02. The van der Waals surface area contributed by atoms with E-state index in [1.807, 2.05) is 50.2 Å². The average molecular weight is 465 g/mol. The Kier molecular flexibility index (Phi) is 6.26. The Morgan fingerprint density at radius 1 is 1.09 bits per heavy atom. The molecule has 0 saturated carbocycles. The van der Waals surface area contributed by atoms with E-state index in [0.717, 1.165) is 17.2 Å². The van der Waals surface area contributed by atoms with Gasteiger partial charge in [-0.3, -0.25) is 19.8 Å². The van der Waals surface area contributed by atoms with Gasteiger partial charge in [-0.2, -0.15) is 0 Å². The maximum Gasteiger partial charge on any atom is 0.270 e. The number of thiocarbonyl (C=S) groups is 1. The molecule has 1 heterocycles. The maximum absolute atomic E-state index is 13.4. The Morgan fingerprint density at radius 3 is 2.56 bits per heavy atom. The zero-order valence-corrected chi connectivity index (χ0v) is 19.2. The van der Waals surface area contributed by atoms with E-state index < -0.39 is 11.8 Å². The number of hydrogen-bond acceptors (Lipinski definition) is 4. The van der Waals surface area contributed by atoms with Gasteiger partial charge >= 0.3 is 0 Å². The average Bonchev–Trinajstić information content (AvgIpc) is 2.78. The van der Waals surface area contributed by atoms with E-state index in [9.17, 15) is 9.59 Å². The van der Waals surface area contributed by atoms with Gasteiger partial charge in [0, 0.05) is 5.56 Å².